The summed E-state index contributed by atoms with van der Waals surface area (Å²) < 4.78 is 4.77. The van der Waals surface area contributed by atoms with Crippen LogP contribution >= 0.6 is 11.8 Å². The molecule has 1 aliphatic carbocycles. The summed E-state index contributed by atoms with van der Waals surface area (Å²) in [4.78, 5) is 11.4. The average molecular weight is 301 g/mol. The Balaban J connectivity index is 2.60. The molecule has 3 nitrogen and oxygen atoms in total. The number of hydrogen-bond donors (Lipinski definition) is 1. The standard InChI is InChI=1S/C16H31NO2S/c1-6-9-17-13-8-7-12(16(2,3)4)10-14(13)20-11-15(18)19-5/h12-14,17H,6-11H2,1-5H3. The van der Waals surface area contributed by atoms with E-state index in [0.717, 1.165) is 18.9 Å². The zero-order chi connectivity index (χ0) is 15.2. The Labute approximate surface area is 128 Å². The molecule has 0 radical (unpaired) electrons. The Kier molecular flexibility index (Phi) is 7.38. The molecule has 0 spiro atoms. The number of hydrogen-bond acceptors (Lipinski definition) is 4. The van der Waals surface area contributed by atoms with E-state index in [9.17, 15) is 4.79 Å². The van der Waals surface area contributed by atoms with Crippen molar-refractivity contribution in [2.24, 2.45) is 11.3 Å². The summed E-state index contributed by atoms with van der Waals surface area (Å²) >= 11 is 1.77. The minimum atomic E-state index is -0.109. The first kappa shape index (κ1) is 17.8. The fourth-order valence-electron chi connectivity index (χ4n) is 2.90. The highest BCUT2D eigenvalue weighted by molar-refractivity contribution is 8.00. The Bertz CT molecular complexity index is 301. The molecule has 0 aliphatic heterocycles. The fourth-order valence-corrected chi connectivity index (χ4v) is 4.20. The second kappa shape index (κ2) is 8.28. The van der Waals surface area contributed by atoms with Crippen LogP contribution in [0.5, 0.6) is 0 Å². The van der Waals surface area contributed by atoms with Crippen LogP contribution in [0.3, 0.4) is 0 Å². The van der Waals surface area contributed by atoms with Crippen molar-refractivity contribution < 1.29 is 9.53 Å². The molecule has 3 atom stereocenters. The molecule has 118 valence electrons. The molecular formula is C16H31NO2S. The number of thioether (sulfide) groups is 1. The van der Waals surface area contributed by atoms with Crippen molar-refractivity contribution >= 4 is 17.7 Å². The van der Waals surface area contributed by atoms with Gasteiger partial charge in [-0.25, -0.2) is 0 Å². The lowest BCUT2D eigenvalue weighted by Gasteiger charge is -2.42. The minimum absolute atomic E-state index is 0.109. The number of carbonyl (C=O) groups is 1. The largest absolute Gasteiger partial charge is 0.468 e. The van der Waals surface area contributed by atoms with Crippen LogP contribution in [0.25, 0.3) is 0 Å². The third-order valence-corrected chi connectivity index (χ3v) is 5.67. The molecule has 4 heteroatoms. The van der Waals surface area contributed by atoms with Crippen molar-refractivity contribution in [3.8, 4) is 0 Å². The SMILES string of the molecule is CCCNC1CCC(C(C)(C)C)CC1SCC(=O)OC. The van der Waals surface area contributed by atoms with Crippen molar-refractivity contribution in [3.63, 3.8) is 0 Å². The molecule has 0 heterocycles. The van der Waals surface area contributed by atoms with Crippen LogP contribution in [0.15, 0.2) is 0 Å². The van der Waals surface area contributed by atoms with Crippen LogP contribution in [0.2, 0.25) is 0 Å². The van der Waals surface area contributed by atoms with Crippen molar-refractivity contribution in [1.82, 2.24) is 5.32 Å². The van der Waals surface area contributed by atoms with Crippen LogP contribution < -0.4 is 5.32 Å². The highest BCUT2D eigenvalue weighted by Crippen LogP contribution is 2.41. The molecule has 0 aromatic carbocycles. The molecule has 0 saturated heterocycles. The molecule has 20 heavy (non-hydrogen) atoms. The predicted octanol–water partition coefficient (Wildman–Crippen LogP) is 3.48. The first-order valence-electron chi connectivity index (χ1n) is 7.80. The monoisotopic (exact) mass is 301 g/mol. The van der Waals surface area contributed by atoms with E-state index in [0.29, 0.717) is 22.5 Å². The van der Waals surface area contributed by atoms with E-state index in [4.69, 9.17) is 4.74 Å². The van der Waals surface area contributed by atoms with Crippen LogP contribution in [0.1, 0.15) is 53.4 Å². The summed E-state index contributed by atoms with van der Waals surface area (Å²) in [6, 6.07) is 0.545. The number of nitrogens with one attached hydrogen (secondary N) is 1. The molecule has 3 unspecified atom stereocenters. The van der Waals surface area contributed by atoms with Gasteiger partial charge < -0.3 is 10.1 Å². The molecule has 1 N–H and O–H groups in total. The zero-order valence-electron chi connectivity index (χ0n) is 13.7. The summed E-state index contributed by atoms with van der Waals surface area (Å²) in [6.07, 6.45) is 4.88. The third kappa shape index (κ3) is 5.65. The molecule has 0 aromatic heterocycles. The summed E-state index contributed by atoms with van der Waals surface area (Å²) in [6.45, 7) is 10.3. The summed E-state index contributed by atoms with van der Waals surface area (Å²) in [7, 11) is 1.47. The van der Waals surface area contributed by atoms with Crippen molar-refractivity contribution in [1.29, 1.82) is 0 Å². The maximum absolute atomic E-state index is 11.4. The van der Waals surface area contributed by atoms with Gasteiger partial charge in [0.25, 0.3) is 0 Å². The van der Waals surface area contributed by atoms with Crippen LogP contribution in [-0.4, -0.2) is 36.7 Å². The van der Waals surface area contributed by atoms with E-state index in [1.807, 2.05) is 0 Å². The van der Waals surface area contributed by atoms with Gasteiger partial charge in [0.15, 0.2) is 0 Å². The molecular weight excluding hydrogens is 270 g/mol. The average Bonchev–Trinajstić information content (AvgIpc) is 2.41. The molecule has 1 aliphatic rings. The second-order valence-electron chi connectivity index (χ2n) is 6.86. The van der Waals surface area contributed by atoms with E-state index in [1.165, 1.54) is 26.4 Å². The van der Waals surface area contributed by atoms with Gasteiger partial charge in [0.2, 0.25) is 0 Å². The summed E-state index contributed by atoms with van der Waals surface area (Å²) in [5.41, 5.74) is 0.361. The molecule has 0 bridgehead atoms. The Morgan fingerprint density at radius 3 is 2.60 bits per heavy atom. The summed E-state index contributed by atoms with van der Waals surface area (Å²) in [5, 5.41) is 4.19. The summed E-state index contributed by atoms with van der Waals surface area (Å²) in [5.74, 6) is 1.11. The lowest BCUT2D eigenvalue weighted by atomic mass is 9.71. The van der Waals surface area contributed by atoms with E-state index < -0.39 is 0 Å². The van der Waals surface area contributed by atoms with Gasteiger partial charge in [-0.15, -0.1) is 11.8 Å². The van der Waals surface area contributed by atoms with Gasteiger partial charge in [0, 0.05) is 11.3 Å². The van der Waals surface area contributed by atoms with Crippen molar-refractivity contribution in [3.05, 3.63) is 0 Å². The van der Waals surface area contributed by atoms with Crippen LogP contribution in [0.4, 0.5) is 0 Å². The molecule has 1 rings (SSSR count). The van der Waals surface area contributed by atoms with Gasteiger partial charge in [-0.2, -0.15) is 0 Å². The Morgan fingerprint density at radius 1 is 1.35 bits per heavy atom. The molecule has 0 aromatic rings. The Hall–Kier alpha value is -0.220. The number of rotatable bonds is 6. The lowest BCUT2D eigenvalue weighted by molar-refractivity contribution is -0.137. The zero-order valence-corrected chi connectivity index (χ0v) is 14.5. The van der Waals surface area contributed by atoms with Gasteiger partial charge in [0.05, 0.1) is 12.9 Å². The highest BCUT2D eigenvalue weighted by Gasteiger charge is 2.36. The smallest absolute Gasteiger partial charge is 0.315 e. The normalized spacial score (nSPS) is 27.4. The first-order chi connectivity index (χ1) is 9.38. The van der Waals surface area contributed by atoms with Gasteiger partial charge in [-0.05, 0) is 43.6 Å². The number of methoxy groups -OCH3 is 1. The molecule has 0 amide bonds. The fraction of sp³-hybridized carbons (Fsp3) is 0.938. The van der Waals surface area contributed by atoms with Crippen molar-refractivity contribution in [2.45, 2.75) is 64.7 Å². The van der Waals surface area contributed by atoms with Crippen molar-refractivity contribution in [2.75, 3.05) is 19.4 Å². The van der Waals surface area contributed by atoms with Crippen LogP contribution in [0, 0.1) is 11.3 Å². The topological polar surface area (TPSA) is 38.3 Å². The molecule has 1 saturated carbocycles. The van der Waals surface area contributed by atoms with Gasteiger partial charge in [0.1, 0.15) is 0 Å². The van der Waals surface area contributed by atoms with Gasteiger partial charge in [-0.3, -0.25) is 4.79 Å². The van der Waals surface area contributed by atoms with E-state index >= 15 is 0 Å². The maximum Gasteiger partial charge on any atom is 0.315 e. The third-order valence-electron chi connectivity index (χ3n) is 4.32. The lowest BCUT2D eigenvalue weighted by Crippen LogP contribution is -2.45. The molecule has 1 fully saturated rings. The van der Waals surface area contributed by atoms with E-state index in [-0.39, 0.29) is 5.97 Å². The first-order valence-corrected chi connectivity index (χ1v) is 8.85. The maximum atomic E-state index is 11.4. The quantitative estimate of drug-likeness (QED) is 0.762. The van der Waals surface area contributed by atoms with Crippen LogP contribution in [-0.2, 0) is 9.53 Å². The Morgan fingerprint density at radius 2 is 2.05 bits per heavy atom. The van der Waals surface area contributed by atoms with E-state index in [1.54, 1.807) is 11.8 Å². The van der Waals surface area contributed by atoms with Gasteiger partial charge >= 0.3 is 5.97 Å². The number of esters is 1. The highest BCUT2D eigenvalue weighted by atomic mass is 32.2. The second-order valence-corrected chi connectivity index (χ2v) is 8.09. The van der Waals surface area contributed by atoms with E-state index in [2.05, 4.69) is 33.0 Å². The minimum Gasteiger partial charge on any atom is -0.468 e. The number of ether oxygens (including phenoxy) is 1. The predicted molar refractivity (Wildman–Crippen MR) is 87.1 cm³/mol. The van der Waals surface area contributed by atoms with Gasteiger partial charge in [-0.1, -0.05) is 27.7 Å². The number of carbonyl (C=O) groups excluding carboxylic acids is 1.